The number of carbonyl (C=O) groups is 2. The molecule has 0 saturated heterocycles. The summed E-state index contributed by atoms with van der Waals surface area (Å²) in [5, 5.41) is 31.7. The lowest BCUT2D eigenvalue weighted by Gasteiger charge is -2.59. The Labute approximate surface area is 154 Å². The molecule has 4 aliphatic carbocycles. The van der Waals surface area contributed by atoms with Crippen LogP contribution < -0.4 is 0 Å². The van der Waals surface area contributed by atoms with Gasteiger partial charge >= 0.3 is 0 Å². The van der Waals surface area contributed by atoms with Gasteiger partial charge in [0.25, 0.3) is 0 Å². The average Bonchev–Trinajstić information content (AvgIpc) is 2.86. The fraction of sp³-hybridized carbons (Fsp3) is 0.810. The number of fused-ring (bicyclic) bond motifs is 5. The normalized spacial score (nSPS) is 50.5. The van der Waals surface area contributed by atoms with E-state index in [4.69, 9.17) is 0 Å². The van der Waals surface area contributed by atoms with Crippen molar-refractivity contribution in [1.29, 1.82) is 0 Å². The average molecular weight is 362 g/mol. The van der Waals surface area contributed by atoms with E-state index < -0.39 is 29.5 Å². The zero-order chi connectivity index (χ0) is 18.9. The molecule has 26 heavy (non-hydrogen) atoms. The van der Waals surface area contributed by atoms with Crippen molar-refractivity contribution in [2.24, 2.45) is 28.6 Å². The summed E-state index contributed by atoms with van der Waals surface area (Å²) in [6.45, 7) is 3.45. The van der Waals surface area contributed by atoms with Crippen molar-refractivity contribution < 1.29 is 24.9 Å². The van der Waals surface area contributed by atoms with Gasteiger partial charge in [-0.15, -0.1) is 0 Å². The van der Waals surface area contributed by atoms with Gasteiger partial charge in [-0.1, -0.05) is 25.5 Å². The first-order chi connectivity index (χ1) is 12.2. The van der Waals surface area contributed by atoms with Gasteiger partial charge in [0, 0.05) is 18.3 Å². The summed E-state index contributed by atoms with van der Waals surface area (Å²) in [6.07, 6.45) is 5.70. The predicted octanol–water partition coefficient (Wildman–Crippen LogP) is 1.78. The zero-order valence-electron chi connectivity index (χ0n) is 15.7. The Morgan fingerprint density at radius 1 is 1.31 bits per heavy atom. The van der Waals surface area contributed by atoms with Crippen LogP contribution in [-0.2, 0) is 9.59 Å². The van der Waals surface area contributed by atoms with E-state index in [2.05, 4.69) is 13.0 Å². The Morgan fingerprint density at radius 3 is 2.73 bits per heavy atom. The third-order valence-corrected chi connectivity index (χ3v) is 8.63. The topological polar surface area (TPSA) is 94.8 Å². The SMILES string of the molecule is CC12CCC(=O)CC1=CCC1C2[C@@H](O)CC2(C)C1CC[C@]2(O)C(=O)CO. The van der Waals surface area contributed by atoms with Gasteiger partial charge in [0.1, 0.15) is 18.0 Å². The number of allylic oxidation sites excluding steroid dienone is 2. The summed E-state index contributed by atoms with van der Waals surface area (Å²) in [5.74, 6) is 0.177. The van der Waals surface area contributed by atoms with Crippen molar-refractivity contribution >= 4 is 11.6 Å². The minimum absolute atomic E-state index is 0.0697. The Balaban J connectivity index is 1.74. The number of Topliss-reactive ketones (excluding diaryl/α,β-unsaturated/α-hetero) is 2. The highest BCUT2D eigenvalue weighted by atomic mass is 16.3. The van der Waals surface area contributed by atoms with Gasteiger partial charge in [0.15, 0.2) is 5.78 Å². The van der Waals surface area contributed by atoms with Gasteiger partial charge in [-0.2, -0.15) is 0 Å². The highest BCUT2D eigenvalue weighted by Crippen LogP contribution is 2.67. The quantitative estimate of drug-likeness (QED) is 0.651. The van der Waals surface area contributed by atoms with Crippen LogP contribution in [0.1, 0.15) is 58.8 Å². The van der Waals surface area contributed by atoms with Gasteiger partial charge in [0.05, 0.1) is 6.10 Å². The molecule has 5 heteroatoms. The third-order valence-electron chi connectivity index (χ3n) is 8.63. The van der Waals surface area contributed by atoms with E-state index in [1.807, 2.05) is 6.92 Å². The third kappa shape index (κ3) is 2.14. The van der Waals surface area contributed by atoms with Crippen molar-refractivity contribution in [3.05, 3.63) is 11.6 Å². The first-order valence-corrected chi connectivity index (χ1v) is 9.93. The Kier molecular flexibility index (Phi) is 4.04. The number of carbonyl (C=O) groups excluding carboxylic acids is 2. The highest BCUT2D eigenvalue weighted by molar-refractivity contribution is 5.89. The molecule has 0 aliphatic heterocycles. The van der Waals surface area contributed by atoms with E-state index in [1.54, 1.807) is 0 Å². The molecular formula is C21H30O5. The summed E-state index contributed by atoms with van der Waals surface area (Å²) < 4.78 is 0. The molecule has 0 amide bonds. The van der Waals surface area contributed by atoms with Crippen molar-refractivity contribution in [2.45, 2.75) is 70.5 Å². The molecule has 3 fully saturated rings. The standard InChI is InChI=1S/C21H30O5/c1-19-7-5-13(23)9-12(19)3-4-14-15-6-8-21(26,17(25)11-22)20(15,2)10-16(24)18(14)19/h3,14-16,18,22,24,26H,4-11H2,1-2H3/t14?,15?,16-,18?,19?,20?,21-/m0/s1. The molecule has 3 saturated carbocycles. The maximum absolute atomic E-state index is 12.4. The molecule has 3 N–H and O–H groups in total. The molecule has 4 rings (SSSR count). The molecule has 0 aromatic heterocycles. The van der Waals surface area contributed by atoms with Crippen molar-refractivity contribution in [1.82, 2.24) is 0 Å². The summed E-state index contributed by atoms with van der Waals surface area (Å²) in [7, 11) is 0. The van der Waals surface area contributed by atoms with Crippen LogP contribution in [0.5, 0.6) is 0 Å². The Hall–Kier alpha value is -1.04. The number of hydrogen-bond acceptors (Lipinski definition) is 5. The fourth-order valence-electron chi connectivity index (χ4n) is 7.20. The minimum Gasteiger partial charge on any atom is -0.393 e. The van der Waals surface area contributed by atoms with Gasteiger partial charge < -0.3 is 15.3 Å². The molecule has 0 bridgehead atoms. The van der Waals surface area contributed by atoms with Gasteiger partial charge in [-0.25, -0.2) is 0 Å². The number of aliphatic hydroxyl groups excluding tert-OH is 2. The van der Waals surface area contributed by atoms with Crippen LogP contribution in [0.4, 0.5) is 0 Å². The molecule has 0 aromatic carbocycles. The second-order valence-corrected chi connectivity index (χ2v) is 9.56. The zero-order valence-corrected chi connectivity index (χ0v) is 15.7. The number of rotatable bonds is 2. The second-order valence-electron chi connectivity index (χ2n) is 9.56. The van der Waals surface area contributed by atoms with Crippen LogP contribution in [0.25, 0.3) is 0 Å². The van der Waals surface area contributed by atoms with Crippen LogP contribution in [0.3, 0.4) is 0 Å². The van der Waals surface area contributed by atoms with Crippen molar-refractivity contribution in [3.8, 4) is 0 Å². The largest absolute Gasteiger partial charge is 0.393 e. The molecule has 7 atom stereocenters. The maximum Gasteiger partial charge on any atom is 0.190 e. The lowest BCUT2D eigenvalue weighted by molar-refractivity contribution is -0.180. The molecule has 5 unspecified atom stereocenters. The number of ketones is 2. The summed E-state index contributed by atoms with van der Waals surface area (Å²) in [5.41, 5.74) is -1.25. The highest BCUT2D eigenvalue weighted by Gasteiger charge is 2.67. The van der Waals surface area contributed by atoms with Gasteiger partial charge in [-0.3, -0.25) is 9.59 Å². The van der Waals surface area contributed by atoms with Gasteiger partial charge in [0.2, 0.25) is 0 Å². The van der Waals surface area contributed by atoms with E-state index >= 15 is 0 Å². The summed E-state index contributed by atoms with van der Waals surface area (Å²) in [6, 6.07) is 0. The Bertz CT molecular complexity index is 684. The molecule has 0 aromatic rings. The van der Waals surface area contributed by atoms with Crippen LogP contribution in [0, 0.1) is 28.6 Å². The Morgan fingerprint density at radius 2 is 2.04 bits per heavy atom. The van der Waals surface area contributed by atoms with E-state index in [9.17, 15) is 24.9 Å². The molecule has 144 valence electrons. The number of hydrogen-bond donors (Lipinski definition) is 3. The van der Waals surface area contributed by atoms with E-state index in [1.165, 1.54) is 5.57 Å². The van der Waals surface area contributed by atoms with Crippen LogP contribution in [0.2, 0.25) is 0 Å². The van der Waals surface area contributed by atoms with E-state index in [0.717, 1.165) is 19.3 Å². The monoisotopic (exact) mass is 362 g/mol. The minimum atomic E-state index is -1.55. The second kappa shape index (κ2) is 5.73. The first kappa shape index (κ1) is 18.3. The molecular weight excluding hydrogens is 332 g/mol. The number of aliphatic hydroxyl groups is 3. The van der Waals surface area contributed by atoms with Crippen molar-refractivity contribution in [2.75, 3.05) is 6.61 Å². The molecule has 4 aliphatic rings. The molecule has 0 spiro atoms. The van der Waals surface area contributed by atoms with Crippen LogP contribution in [0.15, 0.2) is 11.6 Å². The predicted molar refractivity (Wildman–Crippen MR) is 95.1 cm³/mol. The molecule has 5 nitrogen and oxygen atoms in total. The van der Waals surface area contributed by atoms with Crippen LogP contribution >= 0.6 is 0 Å². The lowest BCUT2D eigenvalue weighted by atomic mass is 9.46. The van der Waals surface area contributed by atoms with Crippen LogP contribution in [-0.4, -0.2) is 45.2 Å². The smallest absolute Gasteiger partial charge is 0.190 e. The fourth-order valence-corrected chi connectivity index (χ4v) is 7.20. The summed E-state index contributed by atoms with van der Waals surface area (Å²) in [4.78, 5) is 24.3. The van der Waals surface area contributed by atoms with Crippen molar-refractivity contribution in [3.63, 3.8) is 0 Å². The lowest BCUT2D eigenvalue weighted by Crippen LogP contribution is -2.61. The molecule has 0 heterocycles. The molecule has 0 radical (unpaired) electrons. The van der Waals surface area contributed by atoms with Gasteiger partial charge in [-0.05, 0) is 55.3 Å². The summed E-state index contributed by atoms with van der Waals surface area (Å²) >= 11 is 0. The first-order valence-electron chi connectivity index (χ1n) is 9.93. The van der Waals surface area contributed by atoms with E-state index in [-0.39, 0.29) is 29.0 Å². The maximum atomic E-state index is 12.4. The van der Waals surface area contributed by atoms with E-state index in [0.29, 0.717) is 25.7 Å².